The Morgan fingerprint density at radius 2 is 1.94 bits per heavy atom. The van der Waals surface area contributed by atoms with Gasteiger partial charge in [-0.1, -0.05) is 38.7 Å². The molecule has 1 unspecified atom stereocenters. The van der Waals surface area contributed by atoms with Gasteiger partial charge >= 0.3 is 0 Å². The Labute approximate surface area is 106 Å². The van der Waals surface area contributed by atoms with Gasteiger partial charge in [-0.05, 0) is 38.9 Å². The molecule has 0 bridgehead atoms. The van der Waals surface area contributed by atoms with E-state index in [0.717, 1.165) is 5.69 Å². The quantitative estimate of drug-likeness (QED) is 0.723. The molecule has 2 heteroatoms. The summed E-state index contributed by atoms with van der Waals surface area (Å²) in [5, 5.41) is 3.42. The van der Waals surface area contributed by atoms with Crippen LogP contribution in [0.15, 0.2) is 12.1 Å². The van der Waals surface area contributed by atoms with Gasteiger partial charge in [0.25, 0.3) is 0 Å². The third-order valence-corrected chi connectivity index (χ3v) is 3.34. The summed E-state index contributed by atoms with van der Waals surface area (Å²) in [6.45, 7) is 6.41. The van der Waals surface area contributed by atoms with E-state index in [4.69, 9.17) is 0 Å². The molecule has 0 aliphatic heterocycles. The lowest BCUT2D eigenvalue weighted by Crippen LogP contribution is -2.18. The molecule has 0 aliphatic carbocycles. The molecule has 0 aromatic carbocycles. The summed E-state index contributed by atoms with van der Waals surface area (Å²) in [6, 6.07) is 4.79. The zero-order valence-corrected chi connectivity index (χ0v) is 11.7. The molecule has 0 saturated heterocycles. The number of nitrogens with one attached hydrogen (secondary N) is 1. The van der Waals surface area contributed by atoms with Crippen LogP contribution in [0.1, 0.15) is 62.0 Å². The molecule has 96 valence electrons. The van der Waals surface area contributed by atoms with Crippen LogP contribution in [0, 0.1) is 13.8 Å². The number of pyridine rings is 1. The minimum atomic E-state index is 0.458. The van der Waals surface area contributed by atoms with Gasteiger partial charge in [0.15, 0.2) is 0 Å². The van der Waals surface area contributed by atoms with Crippen molar-refractivity contribution in [1.82, 2.24) is 10.3 Å². The van der Waals surface area contributed by atoms with E-state index in [2.05, 4.69) is 36.3 Å². The van der Waals surface area contributed by atoms with Crippen molar-refractivity contribution >= 4 is 0 Å². The van der Waals surface area contributed by atoms with Crippen molar-refractivity contribution < 1.29 is 0 Å². The topological polar surface area (TPSA) is 24.9 Å². The van der Waals surface area contributed by atoms with Gasteiger partial charge in [0.1, 0.15) is 0 Å². The number of nitrogens with zero attached hydrogens (tertiary/aromatic N) is 1. The SMILES string of the molecule is CCCCCCC(NC)c1ccc(C)nc1C. The second-order valence-corrected chi connectivity index (χ2v) is 4.82. The van der Waals surface area contributed by atoms with Gasteiger partial charge in [-0.3, -0.25) is 4.98 Å². The normalized spacial score (nSPS) is 12.7. The van der Waals surface area contributed by atoms with Crippen molar-refractivity contribution in [1.29, 1.82) is 0 Å². The lowest BCUT2D eigenvalue weighted by atomic mass is 9.99. The van der Waals surface area contributed by atoms with Crippen LogP contribution in [0.2, 0.25) is 0 Å². The summed E-state index contributed by atoms with van der Waals surface area (Å²) >= 11 is 0. The Morgan fingerprint density at radius 1 is 1.18 bits per heavy atom. The molecule has 1 rings (SSSR count). The average Bonchev–Trinajstić information content (AvgIpc) is 2.31. The highest BCUT2D eigenvalue weighted by Gasteiger charge is 2.11. The molecule has 1 heterocycles. The molecule has 0 aliphatic rings. The van der Waals surface area contributed by atoms with E-state index in [1.807, 2.05) is 14.0 Å². The number of unbranched alkanes of at least 4 members (excludes halogenated alkanes) is 3. The molecule has 1 atom stereocenters. The molecule has 0 spiro atoms. The Balaban J connectivity index is 2.59. The van der Waals surface area contributed by atoms with Gasteiger partial charge in [0.2, 0.25) is 0 Å². The smallest absolute Gasteiger partial charge is 0.0423 e. The summed E-state index contributed by atoms with van der Waals surface area (Å²) in [5.74, 6) is 0. The Hall–Kier alpha value is -0.890. The molecule has 0 saturated carbocycles. The number of hydrogen-bond acceptors (Lipinski definition) is 2. The predicted octanol–water partition coefficient (Wildman–Crippen LogP) is 3.93. The minimum Gasteiger partial charge on any atom is -0.313 e. The van der Waals surface area contributed by atoms with Crippen molar-refractivity contribution in [2.45, 2.75) is 58.9 Å². The Kier molecular flexibility index (Phi) is 6.20. The fourth-order valence-corrected chi connectivity index (χ4v) is 2.30. The molecule has 17 heavy (non-hydrogen) atoms. The van der Waals surface area contributed by atoms with Gasteiger partial charge in [-0.15, -0.1) is 0 Å². The first-order chi connectivity index (χ1) is 8.19. The van der Waals surface area contributed by atoms with E-state index in [0.29, 0.717) is 6.04 Å². The molecule has 0 radical (unpaired) electrons. The van der Waals surface area contributed by atoms with Gasteiger partial charge in [0, 0.05) is 17.4 Å². The first-order valence-corrected chi connectivity index (χ1v) is 6.80. The summed E-state index contributed by atoms with van der Waals surface area (Å²) < 4.78 is 0. The van der Waals surface area contributed by atoms with Crippen LogP contribution in [-0.2, 0) is 0 Å². The van der Waals surface area contributed by atoms with Crippen LogP contribution in [-0.4, -0.2) is 12.0 Å². The maximum Gasteiger partial charge on any atom is 0.0423 e. The zero-order valence-electron chi connectivity index (χ0n) is 11.7. The Bertz CT molecular complexity index is 334. The standard InChI is InChI=1S/C15H26N2/c1-5-6-7-8-9-15(16-4)14-11-10-12(2)17-13(14)3/h10-11,15-16H,5-9H2,1-4H3. The largest absolute Gasteiger partial charge is 0.313 e. The monoisotopic (exact) mass is 234 g/mol. The van der Waals surface area contributed by atoms with Crippen LogP contribution >= 0.6 is 0 Å². The van der Waals surface area contributed by atoms with Crippen LogP contribution < -0.4 is 5.32 Å². The second-order valence-electron chi connectivity index (χ2n) is 4.82. The van der Waals surface area contributed by atoms with E-state index in [-0.39, 0.29) is 0 Å². The van der Waals surface area contributed by atoms with Crippen molar-refractivity contribution in [2.75, 3.05) is 7.05 Å². The molecule has 1 aromatic rings. The maximum absolute atomic E-state index is 4.55. The fourth-order valence-electron chi connectivity index (χ4n) is 2.30. The fraction of sp³-hybridized carbons (Fsp3) is 0.667. The van der Waals surface area contributed by atoms with Gasteiger partial charge in [0.05, 0.1) is 0 Å². The molecule has 0 fully saturated rings. The highest BCUT2D eigenvalue weighted by Crippen LogP contribution is 2.22. The van der Waals surface area contributed by atoms with Crippen molar-refractivity contribution in [3.63, 3.8) is 0 Å². The van der Waals surface area contributed by atoms with Gasteiger partial charge in [-0.25, -0.2) is 0 Å². The molecular weight excluding hydrogens is 208 g/mol. The first-order valence-electron chi connectivity index (χ1n) is 6.80. The third kappa shape index (κ3) is 4.47. The van der Waals surface area contributed by atoms with Gasteiger partial charge < -0.3 is 5.32 Å². The summed E-state index contributed by atoms with van der Waals surface area (Å²) in [6.07, 6.45) is 6.50. The van der Waals surface area contributed by atoms with E-state index in [1.54, 1.807) is 0 Å². The number of aryl methyl sites for hydroxylation is 2. The number of aromatic nitrogens is 1. The van der Waals surface area contributed by atoms with Crippen LogP contribution in [0.5, 0.6) is 0 Å². The highest BCUT2D eigenvalue weighted by molar-refractivity contribution is 5.25. The molecular formula is C15H26N2. The molecule has 1 aromatic heterocycles. The number of hydrogen-bond donors (Lipinski definition) is 1. The lowest BCUT2D eigenvalue weighted by molar-refractivity contribution is 0.502. The van der Waals surface area contributed by atoms with E-state index in [1.165, 1.54) is 43.4 Å². The lowest BCUT2D eigenvalue weighted by Gasteiger charge is -2.18. The Morgan fingerprint density at radius 3 is 2.53 bits per heavy atom. The average molecular weight is 234 g/mol. The minimum absolute atomic E-state index is 0.458. The zero-order chi connectivity index (χ0) is 12.7. The predicted molar refractivity (Wildman–Crippen MR) is 74.3 cm³/mol. The van der Waals surface area contributed by atoms with E-state index in [9.17, 15) is 0 Å². The first kappa shape index (κ1) is 14.2. The van der Waals surface area contributed by atoms with Crippen molar-refractivity contribution in [3.05, 3.63) is 29.1 Å². The van der Waals surface area contributed by atoms with Gasteiger partial charge in [-0.2, -0.15) is 0 Å². The molecule has 2 nitrogen and oxygen atoms in total. The van der Waals surface area contributed by atoms with E-state index >= 15 is 0 Å². The molecule has 0 amide bonds. The van der Waals surface area contributed by atoms with E-state index < -0.39 is 0 Å². The van der Waals surface area contributed by atoms with Crippen molar-refractivity contribution in [3.8, 4) is 0 Å². The van der Waals surface area contributed by atoms with Crippen LogP contribution in [0.3, 0.4) is 0 Å². The molecule has 1 N–H and O–H groups in total. The van der Waals surface area contributed by atoms with Crippen LogP contribution in [0.4, 0.5) is 0 Å². The van der Waals surface area contributed by atoms with Crippen molar-refractivity contribution in [2.24, 2.45) is 0 Å². The summed E-state index contributed by atoms with van der Waals surface area (Å²) in [7, 11) is 2.05. The summed E-state index contributed by atoms with van der Waals surface area (Å²) in [4.78, 5) is 4.55. The second kappa shape index (κ2) is 7.44. The van der Waals surface area contributed by atoms with Crippen LogP contribution in [0.25, 0.3) is 0 Å². The third-order valence-electron chi connectivity index (χ3n) is 3.34. The maximum atomic E-state index is 4.55. The number of rotatable bonds is 7. The highest BCUT2D eigenvalue weighted by atomic mass is 14.9. The summed E-state index contributed by atoms with van der Waals surface area (Å²) in [5.41, 5.74) is 3.63.